The van der Waals surface area contributed by atoms with E-state index in [2.05, 4.69) is 0 Å². The molecule has 108 valence electrons. The first kappa shape index (κ1) is 15.8. The summed E-state index contributed by atoms with van der Waals surface area (Å²) in [6, 6.07) is 5.63. The standard InChI is InChI=1S/C13H13F3N2O2/c1-2-3-6-20-10-4-5-11(9(7-10)8-17)18-12(19)13(14,15)16/h4-5,7H,2-3,6H2,1H3,(H,18,19). The first-order valence-electron chi connectivity index (χ1n) is 5.93. The minimum atomic E-state index is -5.00. The van der Waals surface area contributed by atoms with Crippen LogP contribution in [0.25, 0.3) is 0 Å². The van der Waals surface area contributed by atoms with Crippen LogP contribution in [0.1, 0.15) is 25.3 Å². The fourth-order valence-corrected chi connectivity index (χ4v) is 1.34. The minimum Gasteiger partial charge on any atom is -0.494 e. The third-order valence-corrected chi connectivity index (χ3v) is 2.38. The molecule has 0 bridgehead atoms. The molecule has 0 aromatic heterocycles. The van der Waals surface area contributed by atoms with Crippen molar-refractivity contribution >= 4 is 11.6 Å². The van der Waals surface area contributed by atoms with Gasteiger partial charge in [0.2, 0.25) is 0 Å². The molecule has 1 aromatic rings. The lowest BCUT2D eigenvalue weighted by Gasteiger charge is -2.11. The molecule has 0 aliphatic rings. The number of nitrogens with one attached hydrogen (secondary N) is 1. The second-order valence-corrected chi connectivity index (χ2v) is 3.97. The number of hydrogen-bond acceptors (Lipinski definition) is 3. The van der Waals surface area contributed by atoms with Crippen LogP contribution < -0.4 is 10.1 Å². The molecule has 0 aliphatic carbocycles. The van der Waals surface area contributed by atoms with Gasteiger partial charge in [-0.3, -0.25) is 4.79 Å². The summed E-state index contributed by atoms with van der Waals surface area (Å²) in [7, 11) is 0. The maximum absolute atomic E-state index is 12.1. The van der Waals surface area contributed by atoms with Gasteiger partial charge < -0.3 is 10.1 Å². The highest BCUT2D eigenvalue weighted by Crippen LogP contribution is 2.24. The predicted octanol–water partition coefficient (Wildman–Crippen LogP) is 3.24. The summed E-state index contributed by atoms with van der Waals surface area (Å²) in [5.41, 5.74) is -0.283. The second kappa shape index (κ2) is 6.80. The van der Waals surface area contributed by atoms with Crippen LogP contribution in [0.3, 0.4) is 0 Å². The van der Waals surface area contributed by atoms with Crippen LogP contribution in [0.5, 0.6) is 5.75 Å². The first-order valence-corrected chi connectivity index (χ1v) is 5.93. The molecule has 1 N–H and O–H groups in total. The van der Waals surface area contributed by atoms with E-state index in [1.807, 2.05) is 6.92 Å². The number of hydrogen-bond donors (Lipinski definition) is 1. The van der Waals surface area contributed by atoms with Gasteiger partial charge >= 0.3 is 12.1 Å². The topological polar surface area (TPSA) is 62.1 Å². The van der Waals surface area contributed by atoms with Crippen LogP contribution >= 0.6 is 0 Å². The van der Waals surface area contributed by atoms with Crippen molar-refractivity contribution in [2.45, 2.75) is 25.9 Å². The van der Waals surface area contributed by atoms with Crippen molar-refractivity contribution in [1.29, 1.82) is 5.26 Å². The van der Waals surface area contributed by atoms with E-state index in [9.17, 15) is 18.0 Å². The highest BCUT2D eigenvalue weighted by Gasteiger charge is 2.39. The molecule has 20 heavy (non-hydrogen) atoms. The Bertz CT molecular complexity index is 521. The number of rotatable bonds is 5. The third-order valence-electron chi connectivity index (χ3n) is 2.38. The van der Waals surface area contributed by atoms with E-state index in [1.54, 1.807) is 11.4 Å². The van der Waals surface area contributed by atoms with Crippen molar-refractivity contribution in [3.8, 4) is 11.8 Å². The summed E-state index contributed by atoms with van der Waals surface area (Å²) in [5, 5.41) is 10.5. The summed E-state index contributed by atoms with van der Waals surface area (Å²) in [6.07, 6.45) is -3.23. The smallest absolute Gasteiger partial charge is 0.471 e. The van der Waals surface area contributed by atoms with Crippen molar-refractivity contribution in [1.82, 2.24) is 0 Å². The van der Waals surface area contributed by atoms with E-state index in [4.69, 9.17) is 10.00 Å². The van der Waals surface area contributed by atoms with Gasteiger partial charge in [-0.1, -0.05) is 13.3 Å². The molecule has 0 heterocycles. The number of amides is 1. The molecule has 1 amide bonds. The Hall–Kier alpha value is -2.23. The maximum atomic E-state index is 12.1. The average molecular weight is 286 g/mol. The Morgan fingerprint density at radius 1 is 1.45 bits per heavy atom. The van der Waals surface area contributed by atoms with Gasteiger partial charge in [0, 0.05) is 0 Å². The third kappa shape index (κ3) is 4.46. The number of alkyl halides is 3. The number of anilines is 1. The average Bonchev–Trinajstić information content (AvgIpc) is 2.39. The molecule has 1 aromatic carbocycles. The number of nitrogens with zero attached hydrogens (tertiary/aromatic N) is 1. The molecule has 0 saturated heterocycles. The van der Waals surface area contributed by atoms with Gasteiger partial charge in [0.15, 0.2) is 0 Å². The monoisotopic (exact) mass is 286 g/mol. The van der Waals surface area contributed by atoms with Gasteiger partial charge in [-0.15, -0.1) is 0 Å². The molecule has 0 saturated carbocycles. The van der Waals surface area contributed by atoms with Gasteiger partial charge in [0.1, 0.15) is 11.8 Å². The fourth-order valence-electron chi connectivity index (χ4n) is 1.34. The molecule has 0 aliphatic heterocycles. The summed E-state index contributed by atoms with van der Waals surface area (Å²) in [5.74, 6) is -1.74. The Morgan fingerprint density at radius 2 is 2.15 bits per heavy atom. The Morgan fingerprint density at radius 3 is 2.70 bits per heavy atom. The number of ether oxygens (including phenoxy) is 1. The van der Waals surface area contributed by atoms with Crippen molar-refractivity contribution < 1.29 is 22.7 Å². The van der Waals surface area contributed by atoms with E-state index in [0.29, 0.717) is 12.4 Å². The second-order valence-electron chi connectivity index (χ2n) is 3.97. The summed E-state index contributed by atoms with van der Waals surface area (Å²) in [6.45, 7) is 2.44. The molecule has 1 rings (SSSR count). The minimum absolute atomic E-state index is 0.0865. The van der Waals surface area contributed by atoms with Crippen LogP contribution in [0.4, 0.5) is 18.9 Å². The summed E-state index contributed by atoms with van der Waals surface area (Å²) in [4.78, 5) is 10.8. The van der Waals surface area contributed by atoms with Crippen molar-refractivity contribution in [3.05, 3.63) is 23.8 Å². The molecule has 0 unspecified atom stereocenters. The van der Waals surface area contributed by atoms with Crippen LogP contribution in [0.2, 0.25) is 0 Å². The van der Waals surface area contributed by atoms with Gasteiger partial charge in [-0.25, -0.2) is 0 Å². The van der Waals surface area contributed by atoms with Gasteiger partial charge in [-0.2, -0.15) is 18.4 Å². The zero-order valence-corrected chi connectivity index (χ0v) is 10.8. The van der Waals surface area contributed by atoms with Crippen LogP contribution in [0.15, 0.2) is 18.2 Å². The summed E-state index contributed by atoms with van der Waals surface area (Å²) >= 11 is 0. The van der Waals surface area contributed by atoms with E-state index >= 15 is 0 Å². The quantitative estimate of drug-likeness (QED) is 0.845. The zero-order valence-electron chi connectivity index (χ0n) is 10.8. The number of nitriles is 1. The molecule has 4 nitrogen and oxygen atoms in total. The Kier molecular flexibility index (Phi) is 5.38. The molecular weight excluding hydrogens is 273 g/mol. The zero-order chi connectivity index (χ0) is 15.2. The number of carbonyl (C=O) groups excluding carboxylic acids is 1. The van der Waals surface area contributed by atoms with Gasteiger partial charge in [-0.05, 0) is 24.6 Å². The van der Waals surface area contributed by atoms with Crippen LogP contribution in [-0.4, -0.2) is 18.7 Å². The van der Waals surface area contributed by atoms with Crippen molar-refractivity contribution in [3.63, 3.8) is 0 Å². The molecule has 0 atom stereocenters. The SMILES string of the molecule is CCCCOc1ccc(NC(=O)C(F)(F)F)c(C#N)c1. The van der Waals surface area contributed by atoms with Crippen LogP contribution in [-0.2, 0) is 4.79 Å². The highest BCUT2D eigenvalue weighted by molar-refractivity contribution is 5.96. The Labute approximate surface area is 114 Å². The molecule has 0 fully saturated rings. The molecule has 0 spiro atoms. The van der Waals surface area contributed by atoms with Crippen LogP contribution in [0, 0.1) is 11.3 Å². The van der Waals surface area contributed by atoms with E-state index in [1.165, 1.54) is 18.2 Å². The first-order chi connectivity index (χ1) is 9.38. The van der Waals surface area contributed by atoms with Gasteiger partial charge in [0.05, 0.1) is 17.9 Å². The highest BCUT2D eigenvalue weighted by atomic mass is 19.4. The lowest BCUT2D eigenvalue weighted by Crippen LogP contribution is -2.30. The normalized spacial score (nSPS) is 10.8. The number of carbonyl (C=O) groups is 1. The van der Waals surface area contributed by atoms with E-state index < -0.39 is 12.1 Å². The largest absolute Gasteiger partial charge is 0.494 e. The number of unbranched alkanes of at least 4 members (excludes halogenated alkanes) is 1. The number of benzene rings is 1. The number of halogens is 3. The summed E-state index contributed by atoms with van der Waals surface area (Å²) < 4.78 is 41.7. The molecule has 7 heteroatoms. The van der Waals surface area contributed by atoms with E-state index in [0.717, 1.165) is 12.8 Å². The van der Waals surface area contributed by atoms with Crippen molar-refractivity contribution in [2.75, 3.05) is 11.9 Å². The van der Waals surface area contributed by atoms with E-state index in [-0.39, 0.29) is 11.3 Å². The lowest BCUT2D eigenvalue weighted by molar-refractivity contribution is -0.167. The fraction of sp³-hybridized carbons (Fsp3) is 0.385. The lowest BCUT2D eigenvalue weighted by atomic mass is 10.2. The Balaban J connectivity index is 2.84. The predicted molar refractivity (Wildman–Crippen MR) is 66.2 cm³/mol. The molecule has 0 radical (unpaired) electrons. The van der Waals surface area contributed by atoms with Crippen molar-refractivity contribution in [2.24, 2.45) is 0 Å². The maximum Gasteiger partial charge on any atom is 0.471 e. The van der Waals surface area contributed by atoms with Gasteiger partial charge in [0.25, 0.3) is 0 Å². The molecular formula is C13H13F3N2O2.